The number of anilines is 1. The van der Waals surface area contributed by atoms with E-state index >= 15 is 0 Å². The first-order valence-corrected chi connectivity index (χ1v) is 8.85. The summed E-state index contributed by atoms with van der Waals surface area (Å²) in [5.41, 5.74) is 1.66. The van der Waals surface area contributed by atoms with Crippen LogP contribution < -0.4 is 19.5 Å². The highest BCUT2D eigenvalue weighted by molar-refractivity contribution is 7.99. The Morgan fingerprint density at radius 3 is 2.24 bits per heavy atom. The minimum absolute atomic E-state index is 0.0312. The molecule has 6 heteroatoms. The highest BCUT2D eigenvalue weighted by atomic mass is 32.2. The largest absolute Gasteiger partial charge is 0.497 e. The molecule has 0 spiro atoms. The average Bonchev–Trinajstić information content (AvgIpc) is 2.63. The molecule has 0 bridgehead atoms. The quantitative estimate of drug-likeness (QED) is 0.716. The summed E-state index contributed by atoms with van der Waals surface area (Å²) >= 11 is 1.64. The van der Waals surface area contributed by atoms with Gasteiger partial charge in [0.1, 0.15) is 5.75 Å². The number of methoxy groups -OCH3 is 3. The number of thioether (sulfide) groups is 1. The average molecular weight is 361 g/mol. The van der Waals surface area contributed by atoms with Gasteiger partial charge in [-0.1, -0.05) is 0 Å². The zero-order valence-electron chi connectivity index (χ0n) is 14.9. The Balaban J connectivity index is 1.89. The van der Waals surface area contributed by atoms with Gasteiger partial charge in [0.05, 0.1) is 21.3 Å². The smallest absolute Gasteiger partial charge is 0.225 e. The first-order chi connectivity index (χ1) is 12.1. The molecule has 1 N–H and O–H groups in total. The molecule has 0 saturated carbocycles. The standard InChI is InChI=1S/C19H23NO4S/c1-13-11-17(23-3)18(24-4)12-16(13)20-19(21)9-10-25-15-7-5-14(22-2)6-8-15/h5-8,11-12H,9-10H2,1-4H3,(H,20,21). The molecule has 2 aromatic rings. The Hall–Kier alpha value is -2.34. The fraction of sp³-hybridized carbons (Fsp3) is 0.316. The van der Waals surface area contributed by atoms with Gasteiger partial charge in [-0.3, -0.25) is 4.79 Å². The number of aryl methyl sites for hydroxylation is 1. The monoisotopic (exact) mass is 361 g/mol. The second kappa shape index (κ2) is 9.22. The lowest BCUT2D eigenvalue weighted by Gasteiger charge is -2.13. The van der Waals surface area contributed by atoms with Crippen LogP contribution in [0.1, 0.15) is 12.0 Å². The van der Waals surface area contributed by atoms with Crippen LogP contribution in [0.25, 0.3) is 0 Å². The number of nitrogens with one attached hydrogen (secondary N) is 1. The fourth-order valence-corrected chi connectivity index (χ4v) is 3.11. The van der Waals surface area contributed by atoms with E-state index in [9.17, 15) is 4.79 Å². The highest BCUT2D eigenvalue weighted by Gasteiger charge is 2.11. The first-order valence-electron chi connectivity index (χ1n) is 7.86. The molecule has 0 radical (unpaired) electrons. The molecule has 25 heavy (non-hydrogen) atoms. The van der Waals surface area contributed by atoms with E-state index in [-0.39, 0.29) is 5.91 Å². The zero-order valence-corrected chi connectivity index (χ0v) is 15.7. The predicted molar refractivity (Wildman–Crippen MR) is 101 cm³/mol. The van der Waals surface area contributed by atoms with Gasteiger partial charge >= 0.3 is 0 Å². The number of carbonyl (C=O) groups is 1. The van der Waals surface area contributed by atoms with Gasteiger partial charge in [0.15, 0.2) is 11.5 Å². The molecule has 0 saturated heterocycles. The third-order valence-corrected chi connectivity index (χ3v) is 4.68. The lowest BCUT2D eigenvalue weighted by molar-refractivity contribution is -0.115. The number of benzene rings is 2. The number of ether oxygens (including phenoxy) is 3. The van der Waals surface area contributed by atoms with Crippen molar-refractivity contribution in [1.29, 1.82) is 0 Å². The van der Waals surface area contributed by atoms with E-state index in [1.165, 1.54) is 0 Å². The van der Waals surface area contributed by atoms with E-state index in [1.54, 1.807) is 39.2 Å². The Morgan fingerprint density at radius 1 is 1.00 bits per heavy atom. The van der Waals surface area contributed by atoms with Crippen molar-refractivity contribution in [2.24, 2.45) is 0 Å². The molecule has 1 amide bonds. The highest BCUT2D eigenvalue weighted by Crippen LogP contribution is 2.33. The van der Waals surface area contributed by atoms with Gasteiger partial charge in [0.2, 0.25) is 5.91 Å². The van der Waals surface area contributed by atoms with Gasteiger partial charge in [-0.15, -0.1) is 11.8 Å². The van der Waals surface area contributed by atoms with E-state index in [1.807, 2.05) is 37.3 Å². The van der Waals surface area contributed by atoms with Crippen molar-refractivity contribution in [3.63, 3.8) is 0 Å². The number of hydrogen-bond donors (Lipinski definition) is 1. The summed E-state index contributed by atoms with van der Waals surface area (Å²) < 4.78 is 15.7. The van der Waals surface area contributed by atoms with Gasteiger partial charge in [0.25, 0.3) is 0 Å². The van der Waals surface area contributed by atoms with E-state index < -0.39 is 0 Å². The van der Waals surface area contributed by atoms with Crippen LogP contribution in [0.3, 0.4) is 0 Å². The molecular formula is C19H23NO4S. The third kappa shape index (κ3) is 5.32. The Bertz CT molecular complexity index is 716. The number of rotatable bonds is 8. The van der Waals surface area contributed by atoms with Crippen LogP contribution in [0.2, 0.25) is 0 Å². The molecule has 0 atom stereocenters. The maximum Gasteiger partial charge on any atom is 0.225 e. The normalized spacial score (nSPS) is 10.2. The topological polar surface area (TPSA) is 56.8 Å². The van der Waals surface area contributed by atoms with Crippen LogP contribution >= 0.6 is 11.8 Å². The minimum atomic E-state index is -0.0312. The molecule has 0 aliphatic carbocycles. The van der Waals surface area contributed by atoms with Gasteiger partial charge < -0.3 is 19.5 Å². The Morgan fingerprint density at radius 2 is 1.64 bits per heavy atom. The number of amides is 1. The van der Waals surface area contributed by atoms with Gasteiger partial charge in [0, 0.05) is 28.8 Å². The molecule has 2 aromatic carbocycles. The molecular weight excluding hydrogens is 338 g/mol. The first kappa shape index (κ1) is 19.0. The van der Waals surface area contributed by atoms with E-state index in [0.717, 1.165) is 21.9 Å². The van der Waals surface area contributed by atoms with E-state index in [4.69, 9.17) is 14.2 Å². The van der Waals surface area contributed by atoms with Crippen LogP contribution in [0, 0.1) is 6.92 Å². The molecule has 0 aliphatic rings. The zero-order chi connectivity index (χ0) is 18.2. The SMILES string of the molecule is COc1ccc(SCCC(=O)Nc2cc(OC)c(OC)cc2C)cc1. The Labute approximate surface area is 152 Å². The lowest BCUT2D eigenvalue weighted by atomic mass is 10.1. The van der Waals surface area contributed by atoms with Crippen molar-refractivity contribution in [2.75, 3.05) is 32.4 Å². The van der Waals surface area contributed by atoms with Crippen molar-refractivity contribution in [1.82, 2.24) is 0 Å². The summed E-state index contributed by atoms with van der Waals surface area (Å²) in [4.78, 5) is 13.3. The molecule has 2 rings (SSSR count). The van der Waals surface area contributed by atoms with Crippen molar-refractivity contribution >= 4 is 23.4 Å². The van der Waals surface area contributed by atoms with Gasteiger partial charge in [-0.05, 0) is 42.8 Å². The van der Waals surface area contributed by atoms with Crippen LogP contribution in [-0.2, 0) is 4.79 Å². The second-order valence-corrected chi connectivity index (χ2v) is 6.51. The van der Waals surface area contributed by atoms with Crippen LogP contribution in [0.15, 0.2) is 41.3 Å². The summed E-state index contributed by atoms with van der Waals surface area (Å²) in [6.07, 6.45) is 0.421. The summed E-state index contributed by atoms with van der Waals surface area (Å²) in [6.45, 7) is 1.92. The molecule has 0 heterocycles. The molecule has 0 aromatic heterocycles. The van der Waals surface area contributed by atoms with Crippen molar-refractivity contribution in [3.05, 3.63) is 42.0 Å². The molecule has 0 fully saturated rings. The summed E-state index contributed by atoms with van der Waals surface area (Å²) in [5, 5.41) is 2.93. The fourth-order valence-electron chi connectivity index (χ4n) is 2.26. The summed E-state index contributed by atoms with van der Waals surface area (Å²) in [6, 6.07) is 11.4. The maximum absolute atomic E-state index is 12.2. The third-order valence-electron chi connectivity index (χ3n) is 3.66. The van der Waals surface area contributed by atoms with Gasteiger partial charge in [-0.25, -0.2) is 0 Å². The van der Waals surface area contributed by atoms with Crippen LogP contribution in [0.5, 0.6) is 17.2 Å². The van der Waals surface area contributed by atoms with Crippen LogP contribution in [-0.4, -0.2) is 33.0 Å². The number of carbonyl (C=O) groups excluding carboxylic acids is 1. The lowest BCUT2D eigenvalue weighted by Crippen LogP contribution is -2.13. The molecule has 134 valence electrons. The predicted octanol–water partition coefficient (Wildman–Crippen LogP) is 4.14. The van der Waals surface area contributed by atoms with Crippen molar-refractivity contribution in [2.45, 2.75) is 18.2 Å². The van der Waals surface area contributed by atoms with Crippen LogP contribution in [0.4, 0.5) is 5.69 Å². The molecule has 0 unspecified atom stereocenters. The summed E-state index contributed by atoms with van der Waals surface area (Å²) in [5.74, 6) is 2.73. The maximum atomic E-state index is 12.2. The Kier molecular flexibility index (Phi) is 7.01. The summed E-state index contributed by atoms with van der Waals surface area (Å²) in [7, 11) is 4.80. The minimum Gasteiger partial charge on any atom is -0.497 e. The number of hydrogen-bond acceptors (Lipinski definition) is 5. The molecule has 0 aliphatic heterocycles. The molecule has 5 nitrogen and oxygen atoms in total. The van der Waals surface area contributed by atoms with E-state index in [2.05, 4.69) is 5.32 Å². The second-order valence-electron chi connectivity index (χ2n) is 5.34. The van der Waals surface area contributed by atoms with Crippen molar-refractivity contribution in [3.8, 4) is 17.2 Å². The van der Waals surface area contributed by atoms with Gasteiger partial charge in [-0.2, -0.15) is 0 Å². The van der Waals surface area contributed by atoms with Crippen molar-refractivity contribution < 1.29 is 19.0 Å². The van der Waals surface area contributed by atoms with E-state index in [0.29, 0.717) is 23.7 Å².